The highest BCUT2D eigenvalue weighted by Gasteiger charge is 2.17. The van der Waals surface area contributed by atoms with E-state index in [-0.39, 0.29) is 16.5 Å². The van der Waals surface area contributed by atoms with Crippen LogP contribution in [0.15, 0.2) is 53.8 Å². The maximum absolute atomic E-state index is 13.3. The van der Waals surface area contributed by atoms with E-state index < -0.39 is 5.91 Å². The van der Waals surface area contributed by atoms with Crippen LogP contribution in [0, 0.1) is 12.7 Å². The van der Waals surface area contributed by atoms with Gasteiger partial charge < -0.3 is 0 Å². The summed E-state index contributed by atoms with van der Waals surface area (Å²) in [6.45, 7) is 2.04. The lowest BCUT2D eigenvalue weighted by Gasteiger charge is -2.07. The van der Waals surface area contributed by atoms with Crippen molar-refractivity contribution in [3.05, 3.63) is 76.3 Å². The van der Waals surface area contributed by atoms with Gasteiger partial charge in [-0.05, 0) is 36.2 Å². The molecule has 4 aromatic rings. The van der Waals surface area contributed by atoms with Gasteiger partial charge in [-0.3, -0.25) is 10.1 Å². The zero-order valence-corrected chi connectivity index (χ0v) is 17.5. The van der Waals surface area contributed by atoms with Crippen molar-refractivity contribution >= 4 is 56.0 Å². The average Bonchev–Trinajstić information content (AvgIpc) is 3.09. The zero-order valence-electron chi connectivity index (χ0n) is 15.1. The number of hydrogen-bond donors (Lipinski definition) is 1. The Morgan fingerprint density at radius 3 is 2.90 bits per heavy atom. The van der Waals surface area contributed by atoms with Crippen LogP contribution < -0.4 is 5.32 Å². The number of fused-ring (bicyclic) bond motifs is 1. The molecule has 0 atom stereocenters. The van der Waals surface area contributed by atoms with Crippen LogP contribution in [0.5, 0.6) is 0 Å². The molecule has 0 aliphatic rings. The smallest absolute Gasteiger partial charge is 0.277 e. The van der Waals surface area contributed by atoms with Gasteiger partial charge in [-0.15, -0.1) is 0 Å². The van der Waals surface area contributed by atoms with Gasteiger partial charge in [0.1, 0.15) is 5.82 Å². The van der Waals surface area contributed by atoms with Gasteiger partial charge in [0, 0.05) is 5.75 Å². The largest absolute Gasteiger partial charge is 0.296 e. The first-order valence-corrected chi connectivity index (χ1v) is 10.7. The van der Waals surface area contributed by atoms with Gasteiger partial charge in [0.15, 0.2) is 16.0 Å². The number of aryl methyl sites for hydroxylation is 1. The summed E-state index contributed by atoms with van der Waals surface area (Å²) in [6.07, 6.45) is 1.41. The van der Waals surface area contributed by atoms with Crippen LogP contribution in [-0.4, -0.2) is 20.9 Å². The molecule has 9 heteroatoms. The zero-order chi connectivity index (χ0) is 20.4. The van der Waals surface area contributed by atoms with Gasteiger partial charge in [-0.1, -0.05) is 59.0 Å². The molecule has 0 aliphatic carbocycles. The Kier molecular flexibility index (Phi) is 5.75. The minimum atomic E-state index is -0.491. The number of anilines is 1. The number of benzene rings is 2. The number of hydrogen-bond acceptors (Lipinski definition) is 6. The molecule has 0 unspecified atom stereocenters. The number of thiazole rings is 1. The van der Waals surface area contributed by atoms with Crippen molar-refractivity contribution in [1.82, 2.24) is 15.0 Å². The van der Waals surface area contributed by atoms with Crippen molar-refractivity contribution in [2.45, 2.75) is 17.8 Å². The maximum Gasteiger partial charge on any atom is 0.277 e. The Labute approximate surface area is 179 Å². The molecule has 0 spiro atoms. The Morgan fingerprint density at radius 1 is 1.24 bits per heavy atom. The Balaban J connectivity index is 1.51. The molecule has 1 N–H and O–H groups in total. The predicted molar refractivity (Wildman–Crippen MR) is 115 cm³/mol. The molecular formula is C20H14ClFN4OS2. The van der Waals surface area contributed by atoms with Crippen LogP contribution in [0.3, 0.4) is 0 Å². The third kappa shape index (κ3) is 4.55. The molecule has 0 fully saturated rings. The number of carbonyl (C=O) groups excluding carboxylic acids is 1. The summed E-state index contributed by atoms with van der Waals surface area (Å²) in [6, 6.07) is 12.3. The highest BCUT2D eigenvalue weighted by atomic mass is 35.5. The number of carbonyl (C=O) groups is 1. The van der Waals surface area contributed by atoms with Crippen molar-refractivity contribution in [2.24, 2.45) is 0 Å². The Morgan fingerprint density at radius 2 is 2.07 bits per heavy atom. The minimum absolute atomic E-state index is 0.0689. The second-order valence-electron chi connectivity index (χ2n) is 6.15. The fraction of sp³-hybridized carbons (Fsp3) is 0.100. The molecule has 2 heterocycles. The van der Waals surface area contributed by atoms with E-state index >= 15 is 0 Å². The summed E-state index contributed by atoms with van der Waals surface area (Å²) in [7, 11) is 0. The Bertz CT molecular complexity index is 1210. The second kappa shape index (κ2) is 8.44. The summed E-state index contributed by atoms with van der Waals surface area (Å²) in [5.74, 6) is -0.165. The predicted octanol–water partition coefficient (Wildman–Crippen LogP) is 5.73. The standard InChI is InChI=1S/C20H14ClFN4OS2/c1-11-4-2-3-5-12(11)10-28-19-23-9-14(21)17(25-19)18(27)26-20-24-15-7-6-13(22)8-16(15)29-20/h2-9H,10H2,1H3,(H,24,26,27). The van der Waals surface area contributed by atoms with Crippen LogP contribution in [0.25, 0.3) is 10.2 Å². The lowest BCUT2D eigenvalue weighted by molar-refractivity contribution is 0.102. The molecule has 0 bridgehead atoms. The minimum Gasteiger partial charge on any atom is -0.296 e. The molecule has 4 rings (SSSR count). The molecule has 5 nitrogen and oxygen atoms in total. The van der Waals surface area contributed by atoms with Gasteiger partial charge in [0.2, 0.25) is 0 Å². The van der Waals surface area contributed by atoms with E-state index in [0.717, 1.165) is 0 Å². The molecule has 0 aliphatic heterocycles. The quantitative estimate of drug-likeness (QED) is 0.314. The molecule has 2 aromatic heterocycles. The molecule has 0 saturated carbocycles. The number of amides is 1. The lowest BCUT2D eigenvalue weighted by Crippen LogP contribution is -2.15. The van der Waals surface area contributed by atoms with Crippen LogP contribution >= 0.6 is 34.7 Å². The highest BCUT2D eigenvalue weighted by molar-refractivity contribution is 7.98. The van der Waals surface area contributed by atoms with E-state index in [1.54, 1.807) is 6.07 Å². The number of aromatic nitrogens is 3. The summed E-state index contributed by atoms with van der Waals surface area (Å²) in [5, 5.41) is 3.63. The third-order valence-electron chi connectivity index (χ3n) is 4.13. The number of nitrogens with one attached hydrogen (secondary N) is 1. The van der Waals surface area contributed by atoms with Crippen molar-refractivity contribution in [2.75, 3.05) is 5.32 Å². The van der Waals surface area contributed by atoms with Crippen LogP contribution in [0.4, 0.5) is 9.52 Å². The molecule has 0 saturated heterocycles. The summed E-state index contributed by atoms with van der Waals surface area (Å²) in [5.41, 5.74) is 3.03. The van der Waals surface area contributed by atoms with E-state index in [1.165, 1.54) is 52.6 Å². The first kappa shape index (κ1) is 19.8. The van der Waals surface area contributed by atoms with Crippen molar-refractivity contribution < 1.29 is 9.18 Å². The highest BCUT2D eigenvalue weighted by Crippen LogP contribution is 2.28. The summed E-state index contributed by atoms with van der Waals surface area (Å²) < 4.78 is 14.0. The molecule has 2 aromatic carbocycles. The normalized spacial score (nSPS) is 11.0. The van der Waals surface area contributed by atoms with Gasteiger partial charge >= 0.3 is 0 Å². The SMILES string of the molecule is Cc1ccccc1CSc1ncc(Cl)c(C(=O)Nc2nc3ccc(F)cc3s2)n1. The van der Waals surface area contributed by atoms with E-state index in [0.29, 0.717) is 26.3 Å². The number of rotatable bonds is 5. The van der Waals surface area contributed by atoms with E-state index in [2.05, 4.69) is 20.3 Å². The van der Waals surface area contributed by atoms with Crippen molar-refractivity contribution in [3.63, 3.8) is 0 Å². The first-order chi connectivity index (χ1) is 14.0. The number of thioether (sulfide) groups is 1. The lowest BCUT2D eigenvalue weighted by atomic mass is 10.1. The second-order valence-corrected chi connectivity index (χ2v) is 8.53. The summed E-state index contributed by atoms with van der Waals surface area (Å²) in [4.78, 5) is 25.5. The first-order valence-electron chi connectivity index (χ1n) is 8.57. The average molecular weight is 445 g/mol. The Hall–Kier alpha value is -2.55. The van der Waals surface area contributed by atoms with Crippen LogP contribution in [0.2, 0.25) is 5.02 Å². The molecule has 146 valence electrons. The molecular weight excluding hydrogens is 431 g/mol. The monoisotopic (exact) mass is 444 g/mol. The maximum atomic E-state index is 13.3. The van der Waals surface area contributed by atoms with Crippen LogP contribution in [0.1, 0.15) is 21.6 Å². The number of halogens is 2. The van der Waals surface area contributed by atoms with E-state index in [4.69, 9.17) is 11.6 Å². The van der Waals surface area contributed by atoms with E-state index in [9.17, 15) is 9.18 Å². The van der Waals surface area contributed by atoms with E-state index in [1.807, 2.05) is 31.2 Å². The summed E-state index contributed by atoms with van der Waals surface area (Å²) >= 11 is 8.74. The van der Waals surface area contributed by atoms with Gasteiger partial charge in [0.05, 0.1) is 21.4 Å². The van der Waals surface area contributed by atoms with Gasteiger partial charge in [0.25, 0.3) is 5.91 Å². The fourth-order valence-electron chi connectivity index (χ4n) is 2.60. The topological polar surface area (TPSA) is 67.8 Å². The van der Waals surface area contributed by atoms with Gasteiger partial charge in [-0.25, -0.2) is 19.3 Å². The third-order valence-corrected chi connectivity index (χ3v) is 6.25. The van der Waals surface area contributed by atoms with Gasteiger partial charge in [-0.2, -0.15) is 0 Å². The molecule has 0 radical (unpaired) electrons. The van der Waals surface area contributed by atoms with Crippen molar-refractivity contribution in [1.29, 1.82) is 0 Å². The number of nitrogens with zero attached hydrogens (tertiary/aromatic N) is 3. The molecule has 1 amide bonds. The fourth-order valence-corrected chi connectivity index (χ4v) is 4.56. The molecule has 29 heavy (non-hydrogen) atoms. The van der Waals surface area contributed by atoms with Crippen LogP contribution in [-0.2, 0) is 5.75 Å². The van der Waals surface area contributed by atoms with Crippen molar-refractivity contribution in [3.8, 4) is 0 Å².